The van der Waals surface area contributed by atoms with E-state index >= 15 is 0 Å². The topological polar surface area (TPSA) is 82.5 Å². The third kappa shape index (κ3) is 4.74. The lowest BCUT2D eigenvalue weighted by Crippen LogP contribution is -2.47. The maximum absolute atomic E-state index is 13.4. The number of aliphatic carboxylic acids is 1. The molecule has 1 amide bonds. The van der Waals surface area contributed by atoms with E-state index in [-0.39, 0.29) is 23.9 Å². The summed E-state index contributed by atoms with van der Waals surface area (Å²) in [5.41, 5.74) is 0.965. The maximum atomic E-state index is 13.4. The summed E-state index contributed by atoms with van der Waals surface area (Å²) in [5, 5.41) is 15.3. The van der Waals surface area contributed by atoms with Crippen molar-refractivity contribution in [1.82, 2.24) is 9.88 Å². The van der Waals surface area contributed by atoms with Crippen molar-refractivity contribution >= 4 is 40.1 Å². The van der Waals surface area contributed by atoms with Crippen LogP contribution < -0.4 is 5.32 Å². The van der Waals surface area contributed by atoms with E-state index in [0.29, 0.717) is 40.7 Å². The number of hydrogen-bond acceptors (Lipinski definition) is 4. The number of pyridine rings is 1. The molecule has 2 N–H and O–H groups in total. The van der Waals surface area contributed by atoms with Gasteiger partial charge in [0, 0.05) is 40.7 Å². The van der Waals surface area contributed by atoms with Crippen LogP contribution in [0.4, 0.5) is 5.82 Å². The highest BCUT2D eigenvalue weighted by Crippen LogP contribution is 2.41. The number of benzene rings is 1. The minimum Gasteiger partial charge on any atom is -0.481 e. The quantitative estimate of drug-likeness (QED) is 0.512. The van der Waals surface area contributed by atoms with Gasteiger partial charge in [0.25, 0.3) is 5.91 Å². The highest BCUT2D eigenvalue weighted by Gasteiger charge is 2.45. The monoisotopic (exact) mass is 497 g/mol. The molecule has 2 bridgehead atoms. The van der Waals surface area contributed by atoms with Gasteiger partial charge in [-0.1, -0.05) is 38.4 Å². The van der Waals surface area contributed by atoms with Crippen molar-refractivity contribution in [2.24, 2.45) is 17.3 Å². The maximum Gasteiger partial charge on any atom is 0.306 e. The van der Waals surface area contributed by atoms with E-state index in [4.69, 9.17) is 11.6 Å². The number of halogens is 1. The van der Waals surface area contributed by atoms with Crippen molar-refractivity contribution in [2.75, 3.05) is 5.32 Å². The third-order valence-electron chi connectivity index (χ3n) is 8.69. The zero-order chi connectivity index (χ0) is 24.9. The van der Waals surface area contributed by atoms with Crippen molar-refractivity contribution in [3.05, 3.63) is 35.0 Å². The molecule has 0 spiro atoms. The average Bonchev–Trinajstić information content (AvgIpc) is 3.08. The van der Waals surface area contributed by atoms with Gasteiger partial charge in [0.1, 0.15) is 5.82 Å². The highest BCUT2D eigenvalue weighted by molar-refractivity contribution is 6.37. The van der Waals surface area contributed by atoms with Gasteiger partial charge in [-0.2, -0.15) is 0 Å². The number of hydrogen-bond donors (Lipinski definition) is 2. The Bertz CT molecular complexity index is 1120. The summed E-state index contributed by atoms with van der Waals surface area (Å²) in [6.45, 7) is 6.99. The van der Waals surface area contributed by atoms with Crippen LogP contribution in [0.2, 0.25) is 5.02 Å². The SMILES string of the molecule is CC(C)(C)[C@H]1CC[C@H](Nc2ncc3cc(C(=O)N4C5CCC4CC(C(=O)O)C5)ccc3c2Cl)CC1. The number of anilines is 1. The molecule has 3 aliphatic rings. The van der Waals surface area contributed by atoms with Crippen LogP contribution in [0.15, 0.2) is 24.4 Å². The van der Waals surface area contributed by atoms with Gasteiger partial charge in [0.05, 0.1) is 10.9 Å². The molecular weight excluding hydrogens is 462 g/mol. The van der Waals surface area contributed by atoms with E-state index in [1.807, 2.05) is 23.1 Å². The molecule has 2 aromatic rings. The van der Waals surface area contributed by atoms with E-state index in [1.54, 1.807) is 6.20 Å². The smallest absolute Gasteiger partial charge is 0.306 e. The lowest BCUT2D eigenvalue weighted by Gasteiger charge is -2.37. The molecule has 6 nitrogen and oxygen atoms in total. The molecule has 2 aliphatic heterocycles. The van der Waals surface area contributed by atoms with Crippen LogP contribution in [0, 0.1) is 17.3 Å². The van der Waals surface area contributed by atoms with E-state index in [9.17, 15) is 14.7 Å². The van der Waals surface area contributed by atoms with Crippen LogP contribution in [0.5, 0.6) is 0 Å². The van der Waals surface area contributed by atoms with Crippen LogP contribution in [0.25, 0.3) is 10.8 Å². The number of carboxylic acid groups (broad SMARTS) is 1. The van der Waals surface area contributed by atoms with E-state index < -0.39 is 5.97 Å². The molecule has 2 saturated heterocycles. The zero-order valence-corrected chi connectivity index (χ0v) is 21.6. The van der Waals surface area contributed by atoms with Crippen molar-refractivity contribution in [2.45, 2.75) is 90.3 Å². The Hall–Kier alpha value is -2.34. The first-order chi connectivity index (χ1) is 16.6. The number of piperidine rings is 1. The Morgan fingerprint density at radius 2 is 1.71 bits per heavy atom. The molecule has 0 radical (unpaired) electrons. The fourth-order valence-electron chi connectivity index (χ4n) is 6.58. The number of nitrogens with one attached hydrogen (secondary N) is 1. The highest BCUT2D eigenvalue weighted by atomic mass is 35.5. The second-order valence-electron chi connectivity index (χ2n) is 11.9. The summed E-state index contributed by atoms with van der Waals surface area (Å²) >= 11 is 6.77. The number of amides is 1. The first kappa shape index (κ1) is 24.4. The Kier molecular flexibility index (Phi) is 6.45. The number of rotatable bonds is 4. The van der Waals surface area contributed by atoms with E-state index in [1.165, 1.54) is 12.8 Å². The van der Waals surface area contributed by atoms with Gasteiger partial charge in [0.15, 0.2) is 0 Å². The molecule has 1 aromatic heterocycles. The number of nitrogens with zero attached hydrogens (tertiary/aromatic N) is 2. The number of carboxylic acids is 1. The summed E-state index contributed by atoms with van der Waals surface area (Å²) in [6, 6.07) is 6.04. The molecule has 1 aliphatic carbocycles. The molecule has 7 heteroatoms. The second-order valence-corrected chi connectivity index (χ2v) is 12.3. The molecule has 188 valence electrons. The lowest BCUT2D eigenvalue weighted by atomic mass is 9.71. The summed E-state index contributed by atoms with van der Waals surface area (Å²) in [5.74, 6) is 0.364. The minimum absolute atomic E-state index is 0.0136. The van der Waals surface area contributed by atoms with Crippen molar-refractivity contribution in [3.8, 4) is 0 Å². The molecule has 35 heavy (non-hydrogen) atoms. The summed E-state index contributed by atoms with van der Waals surface area (Å²) in [6.07, 6.45) is 9.32. The number of carbonyl (C=O) groups excluding carboxylic acids is 1. The largest absolute Gasteiger partial charge is 0.481 e. The Labute approximate surface area is 212 Å². The molecule has 5 rings (SSSR count). The lowest BCUT2D eigenvalue weighted by molar-refractivity contribution is -0.144. The van der Waals surface area contributed by atoms with Crippen LogP contribution in [0.3, 0.4) is 0 Å². The standard InChI is InChI=1S/C28H36ClN3O3/c1-28(2,3)19-5-7-20(8-6-19)31-25-24(29)23-11-4-16(12-18(23)15-30-25)26(33)32-21-9-10-22(32)14-17(13-21)27(34)35/h4,11-12,15,17,19-22H,5-10,13-14H2,1-3H3,(H,30,31)(H,34,35)/t17?,19-,20-,21?,22?. The number of carbonyl (C=O) groups is 2. The van der Waals surface area contributed by atoms with Crippen LogP contribution >= 0.6 is 11.6 Å². The fourth-order valence-corrected chi connectivity index (χ4v) is 6.85. The number of fused-ring (bicyclic) bond motifs is 3. The first-order valence-electron chi connectivity index (χ1n) is 13.0. The number of aromatic nitrogens is 1. The van der Waals surface area contributed by atoms with Gasteiger partial charge in [-0.3, -0.25) is 9.59 Å². The fraction of sp³-hybridized carbons (Fsp3) is 0.607. The first-order valence-corrected chi connectivity index (χ1v) is 13.4. The Balaban J connectivity index is 1.30. The van der Waals surface area contributed by atoms with E-state index in [2.05, 4.69) is 31.1 Å². The predicted octanol–water partition coefficient (Wildman–Crippen LogP) is 6.37. The van der Waals surface area contributed by atoms with Crippen LogP contribution in [-0.4, -0.2) is 45.0 Å². The van der Waals surface area contributed by atoms with Gasteiger partial charge >= 0.3 is 5.97 Å². The van der Waals surface area contributed by atoms with Gasteiger partial charge in [-0.15, -0.1) is 0 Å². The van der Waals surface area contributed by atoms with Gasteiger partial charge in [-0.25, -0.2) is 4.98 Å². The molecule has 2 unspecified atom stereocenters. The predicted molar refractivity (Wildman–Crippen MR) is 139 cm³/mol. The molecule has 1 aromatic carbocycles. The molecule has 3 fully saturated rings. The van der Waals surface area contributed by atoms with Gasteiger partial charge in [0.2, 0.25) is 0 Å². The summed E-state index contributed by atoms with van der Waals surface area (Å²) in [4.78, 5) is 31.4. The molecule has 2 atom stereocenters. The average molecular weight is 498 g/mol. The van der Waals surface area contributed by atoms with Crippen LogP contribution in [0.1, 0.15) is 82.5 Å². The third-order valence-corrected chi connectivity index (χ3v) is 9.07. The zero-order valence-electron chi connectivity index (χ0n) is 20.9. The van der Waals surface area contributed by atoms with Gasteiger partial charge in [-0.05, 0) is 74.8 Å². The van der Waals surface area contributed by atoms with Crippen LogP contribution in [-0.2, 0) is 4.79 Å². The molecular formula is C28H36ClN3O3. The Morgan fingerprint density at radius 1 is 1.06 bits per heavy atom. The van der Waals surface area contributed by atoms with Crippen molar-refractivity contribution in [3.63, 3.8) is 0 Å². The second kappa shape index (κ2) is 9.27. The normalized spacial score (nSPS) is 28.8. The molecule has 1 saturated carbocycles. The van der Waals surface area contributed by atoms with Gasteiger partial charge < -0.3 is 15.3 Å². The Morgan fingerprint density at radius 3 is 2.31 bits per heavy atom. The minimum atomic E-state index is -0.743. The van der Waals surface area contributed by atoms with Crippen molar-refractivity contribution < 1.29 is 14.7 Å². The molecule has 3 heterocycles. The van der Waals surface area contributed by atoms with Crippen molar-refractivity contribution in [1.29, 1.82) is 0 Å². The summed E-state index contributed by atoms with van der Waals surface area (Å²) < 4.78 is 0. The van der Waals surface area contributed by atoms with E-state index in [0.717, 1.165) is 42.4 Å². The summed E-state index contributed by atoms with van der Waals surface area (Å²) in [7, 11) is 0.